The molecule has 3 atom stereocenters. The van der Waals surface area contributed by atoms with Crippen LogP contribution in [0.3, 0.4) is 0 Å². The number of piperidine rings is 1. The number of aliphatic hydroxyl groups excluding tert-OH is 2. The average Bonchev–Trinajstić information content (AvgIpc) is 3.44. The van der Waals surface area contributed by atoms with Gasteiger partial charge in [-0.25, -0.2) is 4.98 Å². The number of hydrogen-bond acceptors (Lipinski definition) is 5. The van der Waals surface area contributed by atoms with Crippen molar-refractivity contribution in [1.29, 1.82) is 0 Å². The van der Waals surface area contributed by atoms with Crippen LogP contribution in [0.1, 0.15) is 43.6 Å². The minimum atomic E-state index is -0.699. The summed E-state index contributed by atoms with van der Waals surface area (Å²) in [7, 11) is 0. The van der Waals surface area contributed by atoms with Crippen LogP contribution in [0, 0.1) is 0 Å². The van der Waals surface area contributed by atoms with Crippen LogP contribution >= 0.6 is 0 Å². The van der Waals surface area contributed by atoms with E-state index in [-0.39, 0.29) is 18.1 Å². The maximum absolute atomic E-state index is 12.9. The van der Waals surface area contributed by atoms with E-state index in [9.17, 15) is 15.0 Å². The molecule has 3 N–H and O–H groups in total. The molecule has 1 saturated heterocycles. The van der Waals surface area contributed by atoms with Gasteiger partial charge in [0.25, 0.3) is 5.56 Å². The Labute approximate surface area is 146 Å². The van der Waals surface area contributed by atoms with Gasteiger partial charge in [-0.3, -0.25) is 9.36 Å². The van der Waals surface area contributed by atoms with Gasteiger partial charge in [-0.2, -0.15) is 0 Å². The SMILES string of the molecule is O=c1c2c(C3CC3)cccc2ncn1CC(O)C[C@H]1NCCC[C@@H]1O. The third-order valence-electron chi connectivity index (χ3n) is 5.38. The van der Waals surface area contributed by atoms with Gasteiger partial charge in [-0.05, 0) is 56.2 Å². The Morgan fingerprint density at radius 3 is 2.92 bits per heavy atom. The predicted molar refractivity (Wildman–Crippen MR) is 95.6 cm³/mol. The first kappa shape index (κ1) is 16.7. The zero-order chi connectivity index (χ0) is 17.4. The highest BCUT2D eigenvalue weighted by Crippen LogP contribution is 2.41. The summed E-state index contributed by atoms with van der Waals surface area (Å²) in [6, 6.07) is 5.73. The normalized spacial score (nSPS) is 25.2. The van der Waals surface area contributed by atoms with Crippen molar-refractivity contribution in [3.05, 3.63) is 40.4 Å². The fourth-order valence-electron chi connectivity index (χ4n) is 3.86. The molecule has 2 aliphatic rings. The second-order valence-electron chi connectivity index (χ2n) is 7.38. The number of rotatable bonds is 5. The summed E-state index contributed by atoms with van der Waals surface area (Å²) in [5, 5.41) is 24.4. The summed E-state index contributed by atoms with van der Waals surface area (Å²) in [4.78, 5) is 17.3. The quantitative estimate of drug-likeness (QED) is 0.758. The van der Waals surface area contributed by atoms with Gasteiger partial charge in [0.05, 0.1) is 36.0 Å². The van der Waals surface area contributed by atoms with Crippen molar-refractivity contribution in [2.75, 3.05) is 6.54 Å². The van der Waals surface area contributed by atoms with Crippen molar-refractivity contribution in [3.8, 4) is 0 Å². The van der Waals surface area contributed by atoms with Crippen LogP contribution in [0.5, 0.6) is 0 Å². The monoisotopic (exact) mass is 343 g/mol. The molecule has 2 heterocycles. The highest BCUT2D eigenvalue weighted by molar-refractivity contribution is 5.82. The Morgan fingerprint density at radius 2 is 2.16 bits per heavy atom. The van der Waals surface area contributed by atoms with Gasteiger partial charge >= 0.3 is 0 Å². The van der Waals surface area contributed by atoms with Crippen LogP contribution in [0.15, 0.2) is 29.3 Å². The smallest absolute Gasteiger partial charge is 0.261 e. The minimum absolute atomic E-state index is 0.0799. The number of fused-ring (bicyclic) bond motifs is 1. The molecule has 1 unspecified atom stereocenters. The largest absolute Gasteiger partial charge is 0.392 e. The van der Waals surface area contributed by atoms with E-state index in [1.165, 1.54) is 10.9 Å². The lowest BCUT2D eigenvalue weighted by Gasteiger charge is -2.30. The first-order valence-electron chi connectivity index (χ1n) is 9.21. The van der Waals surface area contributed by atoms with Crippen LogP contribution < -0.4 is 10.9 Å². The molecule has 0 bridgehead atoms. The molecule has 25 heavy (non-hydrogen) atoms. The summed E-state index contributed by atoms with van der Waals surface area (Å²) in [5.41, 5.74) is 1.73. The lowest BCUT2D eigenvalue weighted by molar-refractivity contribution is 0.0539. The molecular formula is C19H25N3O3. The Kier molecular flexibility index (Phi) is 4.58. The van der Waals surface area contributed by atoms with Crippen LogP contribution in [0.4, 0.5) is 0 Å². The molecule has 134 valence electrons. The zero-order valence-corrected chi connectivity index (χ0v) is 14.3. The number of benzene rings is 1. The number of nitrogens with zero attached hydrogens (tertiary/aromatic N) is 2. The number of aliphatic hydroxyl groups is 2. The molecule has 1 aliphatic heterocycles. The fourth-order valence-corrected chi connectivity index (χ4v) is 3.86. The Hall–Kier alpha value is -1.76. The van der Waals surface area contributed by atoms with E-state index in [0.717, 1.165) is 43.3 Å². The van der Waals surface area contributed by atoms with Crippen LogP contribution in [-0.2, 0) is 6.54 Å². The van der Waals surface area contributed by atoms with Crippen molar-refractivity contribution in [1.82, 2.24) is 14.9 Å². The zero-order valence-electron chi connectivity index (χ0n) is 14.3. The van der Waals surface area contributed by atoms with Gasteiger partial charge in [-0.1, -0.05) is 12.1 Å². The summed E-state index contributed by atoms with van der Waals surface area (Å²) >= 11 is 0. The van der Waals surface area contributed by atoms with Gasteiger partial charge in [0.2, 0.25) is 0 Å². The van der Waals surface area contributed by atoms with Crippen molar-refractivity contribution in [3.63, 3.8) is 0 Å². The fraction of sp³-hybridized carbons (Fsp3) is 0.579. The maximum atomic E-state index is 12.9. The average molecular weight is 343 g/mol. The molecule has 2 aromatic rings. The Balaban J connectivity index is 1.56. The lowest BCUT2D eigenvalue weighted by atomic mass is 9.96. The molecule has 6 nitrogen and oxygen atoms in total. The molecular weight excluding hydrogens is 318 g/mol. The predicted octanol–water partition coefficient (Wildman–Crippen LogP) is 1.14. The van der Waals surface area contributed by atoms with Crippen LogP contribution in [0.2, 0.25) is 0 Å². The maximum Gasteiger partial charge on any atom is 0.261 e. The number of aromatic nitrogens is 2. The molecule has 1 aliphatic carbocycles. The third-order valence-corrected chi connectivity index (χ3v) is 5.38. The summed E-state index contributed by atoms with van der Waals surface area (Å²) in [5.74, 6) is 0.473. The summed E-state index contributed by atoms with van der Waals surface area (Å²) < 4.78 is 1.51. The van der Waals surface area contributed by atoms with Crippen molar-refractivity contribution >= 4 is 10.9 Å². The summed E-state index contributed by atoms with van der Waals surface area (Å²) in [6.45, 7) is 1.06. The van der Waals surface area contributed by atoms with E-state index in [1.807, 2.05) is 18.2 Å². The van der Waals surface area contributed by atoms with E-state index in [4.69, 9.17) is 0 Å². The van der Waals surface area contributed by atoms with Gasteiger partial charge in [0, 0.05) is 6.04 Å². The van der Waals surface area contributed by atoms with Gasteiger partial charge in [0.1, 0.15) is 0 Å². The van der Waals surface area contributed by atoms with Gasteiger partial charge < -0.3 is 15.5 Å². The molecule has 0 spiro atoms. The van der Waals surface area contributed by atoms with Crippen LogP contribution in [0.25, 0.3) is 10.9 Å². The molecule has 2 fully saturated rings. The first-order valence-corrected chi connectivity index (χ1v) is 9.21. The second kappa shape index (κ2) is 6.86. The second-order valence-corrected chi connectivity index (χ2v) is 7.38. The minimum Gasteiger partial charge on any atom is -0.392 e. The standard InChI is InChI=1S/C19H25N3O3/c23-13(9-16-17(24)5-2-8-20-16)10-22-11-21-15-4-1-3-14(12-6-7-12)18(15)19(22)25/h1,3-4,11-13,16-17,20,23-24H,2,5-10H2/t13?,16-,17+/m1/s1. The van der Waals surface area contributed by atoms with Crippen molar-refractivity contribution < 1.29 is 10.2 Å². The van der Waals surface area contributed by atoms with Crippen LogP contribution in [-0.4, -0.2) is 44.6 Å². The highest BCUT2D eigenvalue weighted by Gasteiger charge is 2.28. The van der Waals surface area contributed by atoms with E-state index in [0.29, 0.717) is 17.7 Å². The Morgan fingerprint density at radius 1 is 1.32 bits per heavy atom. The van der Waals surface area contributed by atoms with E-state index in [2.05, 4.69) is 10.3 Å². The molecule has 0 radical (unpaired) electrons. The molecule has 6 heteroatoms. The lowest BCUT2D eigenvalue weighted by Crippen LogP contribution is -2.47. The molecule has 4 rings (SSSR count). The Bertz CT molecular complexity index is 815. The topological polar surface area (TPSA) is 87.4 Å². The van der Waals surface area contributed by atoms with E-state index < -0.39 is 12.2 Å². The van der Waals surface area contributed by atoms with Crippen molar-refractivity contribution in [2.45, 2.75) is 62.8 Å². The third kappa shape index (κ3) is 3.47. The van der Waals surface area contributed by atoms with E-state index in [1.54, 1.807) is 0 Å². The van der Waals surface area contributed by atoms with E-state index >= 15 is 0 Å². The first-order chi connectivity index (χ1) is 12.1. The van der Waals surface area contributed by atoms with Gasteiger partial charge in [0.15, 0.2) is 0 Å². The molecule has 1 aromatic heterocycles. The highest BCUT2D eigenvalue weighted by atomic mass is 16.3. The molecule has 1 saturated carbocycles. The van der Waals surface area contributed by atoms with Crippen molar-refractivity contribution in [2.24, 2.45) is 0 Å². The van der Waals surface area contributed by atoms with Gasteiger partial charge in [-0.15, -0.1) is 0 Å². The number of hydrogen-bond donors (Lipinski definition) is 3. The summed E-state index contributed by atoms with van der Waals surface area (Å²) in [6.07, 6.45) is 4.78. The molecule has 1 aromatic carbocycles. The molecule has 0 amide bonds. The number of nitrogens with one attached hydrogen (secondary N) is 1.